The van der Waals surface area contributed by atoms with Crippen LogP contribution >= 0.6 is 0 Å². The second-order valence-corrected chi connectivity index (χ2v) is 8.13. The first kappa shape index (κ1) is 22.3. The first-order valence-electron chi connectivity index (χ1n) is 11.1. The number of nitrogens with zero attached hydrogens (tertiary/aromatic N) is 5. The average molecular weight is 417 g/mol. The van der Waals surface area contributed by atoms with Gasteiger partial charge in [-0.15, -0.1) is 0 Å². The number of ether oxygens (including phenoxy) is 1. The predicted octanol–water partition coefficient (Wildman–Crippen LogP) is 1.43. The molecule has 1 N–H and O–H groups in total. The number of anilines is 1. The first-order valence-corrected chi connectivity index (χ1v) is 11.1. The van der Waals surface area contributed by atoms with Crippen molar-refractivity contribution in [1.29, 1.82) is 0 Å². The number of hydrogen-bond donors (Lipinski definition) is 1. The van der Waals surface area contributed by atoms with E-state index in [0.717, 1.165) is 63.2 Å². The van der Waals surface area contributed by atoms with Crippen LogP contribution in [0.25, 0.3) is 0 Å². The van der Waals surface area contributed by atoms with Crippen LogP contribution in [0.2, 0.25) is 0 Å². The Morgan fingerprint density at radius 3 is 2.60 bits per heavy atom. The second-order valence-electron chi connectivity index (χ2n) is 8.13. The van der Waals surface area contributed by atoms with Gasteiger partial charge >= 0.3 is 5.97 Å². The largest absolute Gasteiger partial charge is 0.469 e. The van der Waals surface area contributed by atoms with Crippen molar-refractivity contribution in [3.63, 3.8) is 0 Å². The van der Waals surface area contributed by atoms with E-state index in [9.17, 15) is 4.79 Å². The van der Waals surface area contributed by atoms with Gasteiger partial charge in [-0.3, -0.25) is 4.79 Å². The minimum Gasteiger partial charge on any atom is -0.469 e. The number of nitrogens with one attached hydrogen (secondary N) is 1. The van der Waals surface area contributed by atoms with Gasteiger partial charge < -0.3 is 24.8 Å². The third-order valence-electron chi connectivity index (χ3n) is 6.11. The summed E-state index contributed by atoms with van der Waals surface area (Å²) in [5.41, 5.74) is 1.08. The number of carbonyl (C=O) groups is 1. The number of aliphatic imine (C=N–C) groups is 1. The zero-order valence-corrected chi connectivity index (χ0v) is 18.8. The molecule has 0 spiro atoms. The molecule has 2 atom stereocenters. The van der Waals surface area contributed by atoms with E-state index in [1.54, 1.807) is 0 Å². The van der Waals surface area contributed by atoms with E-state index in [2.05, 4.69) is 57.9 Å². The molecule has 2 fully saturated rings. The Bertz CT molecular complexity index is 715. The standard InChI is InChI=1S/C22H36N6O2/c1-5-23-22(28-15-17(3)19(16-28)21(29)30-4)25-14-18-7-8-20(24-13-18)27-11-9-26(6-2)10-12-27/h7-8,13,17,19H,5-6,9-12,14-16H2,1-4H3,(H,23,25). The molecule has 2 unspecified atom stereocenters. The molecule has 3 heterocycles. The van der Waals surface area contributed by atoms with Crippen LogP contribution in [-0.4, -0.2) is 86.2 Å². The molecule has 166 valence electrons. The maximum absolute atomic E-state index is 12.0. The number of methoxy groups -OCH3 is 1. The maximum atomic E-state index is 12.0. The number of likely N-dealkylation sites (N-methyl/N-ethyl adjacent to an activating group) is 1. The summed E-state index contributed by atoms with van der Waals surface area (Å²) in [6.45, 7) is 14.5. The van der Waals surface area contributed by atoms with Gasteiger partial charge in [0.15, 0.2) is 5.96 Å². The van der Waals surface area contributed by atoms with Gasteiger partial charge in [-0.2, -0.15) is 0 Å². The Morgan fingerprint density at radius 1 is 1.23 bits per heavy atom. The van der Waals surface area contributed by atoms with Crippen LogP contribution in [-0.2, 0) is 16.1 Å². The molecule has 0 radical (unpaired) electrons. The molecule has 2 aliphatic rings. The summed E-state index contributed by atoms with van der Waals surface area (Å²) in [7, 11) is 1.46. The Hall–Kier alpha value is -2.35. The highest BCUT2D eigenvalue weighted by atomic mass is 16.5. The van der Waals surface area contributed by atoms with Crippen LogP contribution in [0.4, 0.5) is 5.82 Å². The van der Waals surface area contributed by atoms with Crippen LogP contribution in [0.5, 0.6) is 0 Å². The molecule has 2 aliphatic heterocycles. The summed E-state index contributed by atoms with van der Waals surface area (Å²) >= 11 is 0. The van der Waals surface area contributed by atoms with Gasteiger partial charge in [0, 0.05) is 52.0 Å². The van der Waals surface area contributed by atoms with E-state index < -0.39 is 0 Å². The fourth-order valence-corrected chi connectivity index (χ4v) is 4.18. The van der Waals surface area contributed by atoms with Gasteiger partial charge in [-0.1, -0.05) is 19.9 Å². The minimum absolute atomic E-state index is 0.104. The quantitative estimate of drug-likeness (QED) is 0.427. The molecule has 1 aromatic rings. The predicted molar refractivity (Wildman–Crippen MR) is 120 cm³/mol. The zero-order chi connectivity index (χ0) is 21.5. The number of aromatic nitrogens is 1. The molecule has 0 bridgehead atoms. The van der Waals surface area contributed by atoms with E-state index in [0.29, 0.717) is 13.1 Å². The lowest BCUT2D eigenvalue weighted by Gasteiger charge is -2.34. The molecule has 8 heteroatoms. The summed E-state index contributed by atoms with van der Waals surface area (Å²) in [6.07, 6.45) is 1.93. The van der Waals surface area contributed by atoms with E-state index in [-0.39, 0.29) is 17.8 Å². The van der Waals surface area contributed by atoms with Crippen molar-refractivity contribution in [2.24, 2.45) is 16.8 Å². The summed E-state index contributed by atoms with van der Waals surface area (Å²) in [4.78, 5) is 28.5. The highest BCUT2D eigenvalue weighted by Gasteiger charge is 2.36. The van der Waals surface area contributed by atoms with Gasteiger partial charge in [0.1, 0.15) is 5.82 Å². The lowest BCUT2D eigenvalue weighted by Crippen LogP contribution is -2.46. The van der Waals surface area contributed by atoms with Crippen molar-refractivity contribution >= 4 is 17.7 Å². The van der Waals surface area contributed by atoms with E-state index in [1.165, 1.54) is 7.11 Å². The molecule has 0 aromatic carbocycles. The monoisotopic (exact) mass is 416 g/mol. The normalized spacial score (nSPS) is 23.0. The Kier molecular flexibility index (Phi) is 7.90. The van der Waals surface area contributed by atoms with Crippen LogP contribution in [0.15, 0.2) is 23.3 Å². The first-order chi connectivity index (χ1) is 14.5. The van der Waals surface area contributed by atoms with Crippen molar-refractivity contribution in [3.05, 3.63) is 23.9 Å². The molecule has 0 amide bonds. The third kappa shape index (κ3) is 5.41. The van der Waals surface area contributed by atoms with Crippen molar-refractivity contribution in [2.75, 3.05) is 64.4 Å². The number of hydrogen-bond acceptors (Lipinski definition) is 6. The highest BCUT2D eigenvalue weighted by molar-refractivity contribution is 5.82. The summed E-state index contributed by atoms with van der Waals surface area (Å²) in [5, 5.41) is 3.36. The fraction of sp³-hybridized carbons (Fsp3) is 0.682. The molecular formula is C22H36N6O2. The molecule has 3 rings (SSSR count). The van der Waals surface area contributed by atoms with Gasteiger partial charge in [0.25, 0.3) is 0 Å². The molecule has 1 aromatic heterocycles. The van der Waals surface area contributed by atoms with E-state index >= 15 is 0 Å². The highest BCUT2D eigenvalue weighted by Crippen LogP contribution is 2.24. The van der Waals surface area contributed by atoms with Crippen LogP contribution in [0.3, 0.4) is 0 Å². The van der Waals surface area contributed by atoms with E-state index in [4.69, 9.17) is 9.73 Å². The van der Waals surface area contributed by atoms with Gasteiger partial charge in [-0.25, -0.2) is 9.98 Å². The lowest BCUT2D eigenvalue weighted by atomic mass is 9.99. The van der Waals surface area contributed by atoms with Gasteiger partial charge in [0.05, 0.1) is 19.6 Å². The Morgan fingerprint density at radius 2 is 2.00 bits per heavy atom. The average Bonchev–Trinajstić information content (AvgIpc) is 3.18. The maximum Gasteiger partial charge on any atom is 0.310 e. The van der Waals surface area contributed by atoms with Crippen molar-refractivity contribution < 1.29 is 9.53 Å². The Balaban J connectivity index is 1.60. The molecular weight excluding hydrogens is 380 g/mol. The fourth-order valence-electron chi connectivity index (χ4n) is 4.18. The molecule has 0 saturated carbocycles. The Labute approximate surface area is 180 Å². The topological polar surface area (TPSA) is 73.3 Å². The van der Waals surface area contributed by atoms with Crippen molar-refractivity contribution in [1.82, 2.24) is 20.1 Å². The number of likely N-dealkylation sites (tertiary alicyclic amines) is 1. The lowest BCUT2D eigenvalue weighted by molar-refractivity contribution is -0.145. The summed E-state index contributed by atoms with van der Waals surface area (Å²) in [5.74, 6) is 1.89. The number of guanidine groups is 1. The van der Waals surface area contributed by atoms with Crippen molar-refractivity contribution in [3.8, 4) is 0 Å². The summed E-state index contributed by atoms with van der Waals surface area (Å²) in [6, 6.07) is 4.22. The van der Waals surface area contributed by atoms with Gasteiger partial charge in [-0.05, 0) is 31.0 Å². The number of rotatable bonds is 6. The number of carbonyl (C=O) groups excluding carboxylic acids is 1. The summed E-state index contributed by atoms with van der Waals surface area (Å²) < 4.78 is 4.95. The number of piperazine rings is 1. The smallest absolute Gasteiger partial charge is 0.310 e. The number of esters is 1. The second kappa shape index (κ2) is 10.6. The minimum atomic E-state index is -0.139. The molecule has 30 heavy (non-hydrogen) atoms. The molecule has 8 nitrogen and oxygen atoms in total. The van der Waals surface area contributed by atoms with E-state index in [1.807, 2.05) is 6.20 Å². The molecule has 0 aliphatic carbocycles. The van der Waals surface area contributed by atoms with Crippen LogP contribution in [0, 0.1) is 11.8 Å². The third-order valence-corrected chi connectivity index (χ3v) is 6.11. The van der Waals surface area contributed by atoms with Crippen molar-refractivity contribution in [2.45, 2.75) is 27.3 Å². The van der Waals surface area contributed by atoms with Crippen LogP contribution in [0.1, 0.15) is 26.3 Å². The molecule has 2 saturated heterocycles. The zero-order valence-electron chi connectivity index (χ0n) is 18.8. The number of pyridine rings is 1. The van der Waals surface area contributed by atoms with Gasteiger partial charge in [0.2, 0.25) is 0 Å². The van der Waals surface area contributed by atoms with Crippen LogP contribution < -0.4 is 10.2 Å². The SMILES string of the molecule is CCNC(=NCc1ccc(N2CCN(CC)CC2)nc1)N1CC(C)C(C(=O)OC)C1.